The predicted molar refractivity (Wildman–Crippen MR) is 85.3 cm³/mol. The largest absolute Gasteiger partial charge is 0.367 e. The van der Waals surface area contributed by atoms with Crippen LogP contribution in [0.5, 0.6) is 0 Å². The fraction of sp³-hybridized carbons (Fsp3) is 0.692. The van der Waals surface area contributed by atoms with Gasteiger partial charge in [0, 0.05) is 40.3 Å². The monoisotopic (exact) mass is 299 g/mol. The van der Waals surface area contributed by atoms with E-state index in [-0.39, 0.29) is 12.0 Å². The number of rotatable bonds is 7. The van der Waals surface area contributed by atoms with Gasteiger partial charge < -0.3 is 10.7 Å². The Morgan fingerprint density at radius 2 is 1.85 bits per heavy atom. The Morgan fingerprint density at radius 1 is 1.25 bits per heavy atom. The van der Waals surface area contributed by atoms with Gasteiger partial charge in [-0.2, -0.15) is 0 Å². The lowest BCUT2D eigenvalue weighted by molar-refractivity contribution is 0.677. The molecular formula is C13H25N5OS. The zero-order valence-corrected chi connectivity index (χ0v) is 13.7. The zero-order chi connectivity index (χ0) is 15.3. The molecule has 0 bridgehead atoms. The van der Waals surface area contributed by atoms with Gasteiger partial charge in [-0.3, -0.25) is 4.21 Å². The molecule has 0 amide bonds. The number of nitrogens with zero attached hydrogens (tertiary/aromatic N) is 2. The van der Waals surface area contributed by atoms with Gasteiger partial charge in [0.05, 0.1) is 0 Å². The maximum atomic E-state index is 11.1. The highest BCUT2D eigenvalue weighted by Gasteiger charge is 2.14. The van der Waals surface area contributed by atoms with Crippen molar-refractivity contribution >= 4 is 22.4 Å². The number of nitrogen functional groups attached to an aromatic ring is 1. The van der Waals surface area contributed by atoms with Crippen molar-refractivity contribution in [3.05, 3.63) is 11.4 Å². The van der Waals surface area contributed by atoms with Gasteiger partial charge in [0.2, 0.25) is 0 Å². The Bertz CT molecular complexity index is 478. The minimum atomic E-state index is -0.772. The van der Waals surface area contributed by atoms with Crippen LogP contribution >= 0.6 is 0 Å². The number of nitrogens with two attached hydrogens (primary N) is 1. The minimum Gasteiger partial charge on any atom is -0.367 e. The Hall–Kier alpha value is -1.21. The lowest BCUT2D eigenvalue weighted by Gasteiger charge is -2.18. The van der Waals surface area contributed by atoms with Crippen molar-refractivity contribution in [3.8, 4) is 0 Å². The first kappa shape index (κ1) is 16.8. The van der Waals surface area contributed by atoms with Crippen molar-refractivity contribution in [1.29, 1.82) is 0 Å². The highest BCUT2D eigenvalue weighted by Crippen LogP contribution is 2.23. The third-order valence-electron chi connectivity index (χ3n) is 3.04. The molecule has 0 aliphatic rings. The first-order valence-corrected chi connectivity index (χ1v) is 8.49. The quantitative estimate of drug-likeness (QED) is 0.525. The van der Waals surface area contributed by atoms with Gasteiger partial charge >= 0.3 is 0 Å². The molecule has 0 aromatic carbocycles. The van der Waals surface area contributed by atoms with Crippen molar-refractivity contribution in [1.82, 2.24) is 9.97 Å². The van der Waals surface area contributed by atoms with Crippen molar-refractivity contribution in [2.24, 2.45) is 5.84 Å². The molecule has 1 aromatic rings. The average molecular weight is 299 g/mol. The van der Waals surface area contributed by atoms with Gasteiger partial charge in [-0.25, -0.2) is 15.8 Å². The van der Waals surface area contributed by atoms with E-state index >= 15 is 0 Å². The molecule has 7 heteroatoms. The van der Waals surface area contributed by atoms with Gasteiger partial charge in [0.1, 0.15) is 17.5 Å². The van der Waals surface area contributed by atoms with E-state index < -0.39 is 10.8 Å². The number of nitrogens with one attached hydrogen (secondary N) is 2. The maximum Gasteiger partial charge on any atom is 0.148 e. The molecule has 114 valence electrons. The van der Waals surface area contributed by atoms with Crippen LogP contribution in [0.3, 0.4) is 0 Å². The van der Waals surface area contributed by atoms with Gasteiger partial charge in [-0.15, -0.1) is 0 Å². The standard InChI is InChI=1S/C13H25N5OS/c1-8(2)11-16-12(10(4)13(17-11)18-14)15-9(3)6-7-20(5)19/h8-9H,6-7,14H2,1-5H3,(H2,15,16,17,18). The SMILES string of the molecule is Cc1c(NN)nc(C(C)C)nc1NC(C)CCS(C)=O. The van der Waals surface area contributed by atoms with Crippen LogP contribution in [0.2, 0.25) is 0 Å². The summed E-state index contributed by atoms with van der Waals surface area (Å²) in [6.07, 6.45) is 2.55. The van der Waals surface area contributed by atoms with Crippen molar-refractivity contribution in [2.75, 3.05) is 22.8 Å². The van der Waals surface area contributed by atoms with Crippen LogP contribution in [0.1, 0.15) is 44.5 Å². The van der Waals surface area contributed by atoms with E-state index in [1.807, 2.05) is 20.8 Å². The van der Waals surface area contributed by atoms with Crippen LogP contribution in [0.4, 0.5) is 11.6 Å². The van der Waals surface area contributed by atoms with E-state index in [4.69, 9.17) is 5.84 Å². The van der Waals surface area contributed by atoms with Gasteiger partial charge in [-0.05, 0) is 20.3 Å². The number of aromatic nitrogens is 2. The van der Waals surface area contributed by atoms with E-state index in [2.05, 4.69) is 27.6 Å². The van der Waals surface area contributed by atoms with E-state index in [9.17, 15) is 4.21 Å². The second kappa shape index (κ2) is 7.54. The Morgan fingerprint density at radius 3 is 2.35 bits per heavy atom. The van der Waals surface area contributed by atoms with E-state index in [0.29, 0.717) is 11.6 Å². The number of hydrogen-bond donors (Lipinski definition) is 3. The van der Waals surface area contributed by atoms with Gasteiger partial charge in [0.15, 0.2) is 0 Å². The number of hydrazine groups is 1. The summed E-state index contributed by atoms with van der Waals surface area (Å²) in [7, 11) is -0.772. The van der Waals surface area contributed by atoms with Crippen LogP contribution in [-0.4, -0.2) is 32.2 Å². The van der Waals surface area contributed by atoms with E-state index in [1.54, 1.807) is 6.26 Å². The molecule has 0 aliphatic heterocycles. The lowest BCUT2D eigenvalue weighted by Crippen LogP contribution is -2.21. The maximum absolute atomic E-state index is 11.1. The summed E-state index contributed by atoms with van der Waals surface area (Å²) >= 11 is 0. The predicted octanol–water partition coefficient (Wildman–Crippen LogP) is 1.76. The molecule has 0 aliphatic carbocycles. The smallest absolute Gasteiger partial charge is 0.148 e. The number of anilines is 2. The first-order chi connectivity index (χ1) is 9.35. The highest BCUT2D eigenvalue weighted by molar-refractivity contribution is 7.84. The Kier molecular flexibility index (Phi) is 6.35. The van der Waals surface area contributed by atoms with Crippen LogP contribution in [0, 0.1) is 6.92 Å². The lowest BCUT2D eigenvalue weighted by atomic mass is 10.2. The fourth-order valence-corrected chi connectivity index (χ4v) is 2.41. The molecule has 2 unspecified atom stereocenters. The normalized spacial score (nSPS) is 14.2. The zero-order valence-electron chi connectivity index (χ0n) is 12.9. The molecule has 4 N–H and O–H groups in total. The average Bonchev–Trinajstić information content (AvgIpc) is 2.38. The molecule has 20 heavy (non-hydrogen) atoms. The van der Waals surface area contributed by atoms with Crippen molar-refractivity contribution in [2.45, 2.75) is 46.1 Å². The summed E-state index contributed by atoms with van der Waals surface area (Å²) in [5.74, 6) is 8.58. The molecule has 0 spiro atoms. The molecule has 2 atom stereocenters. The van der Waals surface area contributed by atoms with E-state index in [0.717, 1.165) is 23.6 Å². The molecular weight excluding hydrogens is 274 g/mol. The van der Waals surface area contributed by atoms with Crippen molar-refractivity contribution < 1.29 is 4.21 Å². The summed E-state index contributed by atoms with van der Waals surface area (Å²) in [5.41, 5.74) is 3.50. The molecule has 0 saturated carbocycles. The van der Waals surface area contributed by atoms with E-state index in [1.165, 1.54) is 0 Å². The molecule has 1 heterocycles. The highest BCUT2D eigenvalue weighted by atomic mass is 32.2. The summed E-state index contributed by atoms with van der Waals surface area (Å²) in [6.45, 7) is 8.06. The van der Waals surface area contributed by atoms with Crippen LogP contribution < -0.4 is 16.6 Å². The Balaban J connectivity index is 2.92. The van der Waals surface area contributed by atoms with Gasteiger partial charge in [-0.1, -0.05) is 13.8 Å². The van der Waals surface area contributed by atoms with Gasteiger partial charge in [0.25, 0.3) is 0 Å². The second-order valence-corrected chi connectivity index (χ2v) is 6.87. The summed E-state index contributed by atoms with van der Waals surface area (Å²) in [5, 5.41) is 3.35. The summed E-state index contributed by atoms with van der Waals surface area (Å²) in [6, 6.07) is 0.193. The molecule has 0 radical (unpaired) electrons. The molecule has 0 fully saturated rings. The molecule has 6 nitrogen and oxygen atoms in total. The van der Waals surface area contributed by atoms with Crippen LogP contribution in [0.25, 0.3) is 0 Å². The first-order valence-electron chi connectivity index (χ1n) is 6.76. The topological polar surface area (TPSA) is 92.9 Å². The summed E-state index contributed by atoms with van der Waals surface area (Å²) in [4.78, 5) is 8.95. The third-order valence-corrected chi connectivity index (χ3v) is 3.85. The van der Waals surface area contributed by atoms with Crippen LogP contribution in [-0.2, 0) is 10.8 Å². The summed E-state index contributed by atoms with van der Waals surface area (Å²) < 4.78 is 11.1. The second-order valence-electron chi connectivity index (χ2n) is 5.31. The molecule has 1 rings (SSSR count). The van der Waals surface area contributed by atoms with Crippen molar-refractivity contribution in [3.63, 3.8) is 0 Å². The third kappa shape index (κ3) is 4.72. The van der Waals surface area contributed by atoms with Crippen LogP contribution in [0.15, 0.2) is 0 Å². The Labute approximate surface area is 123 Å². The minimum absolute atomic E-state index is 0.193. The molecule has 1 aromatic heterocycles. The number of hydrogen-bond acceptors (Lipinski definition) is 6. The fourth-order valence-electron chi connectivity index (χ4n) is 1.72. The molecule has 0 saturated heterocycles.